The van der Waals surface area contributed by atoms with E-state index in [4.69, 9.17) is 50.3 Å². The zero-order valence-electron chi connectivity index (χ0n) is 52.8. The molecule has 0 aliphatic rings. The third-order valence-electron chi connectivity index (χ3n) is 13.9. The first-order chi connectivity index (χ1) is 41.8. The molecule has 0 radical (unpaired) electrons. The molecule has 0 fully saturated rings. The van der Waals surface area contributed by atoms with Crippen LogP contribution in [0.25, 0.3) is 0 Å². The maximum atomic E-state index is 14.3. The minimum absolute atomic E-state index is 0.00944. The first-order valence-electron chi connectivity index (χ1n) is 31.1. The number of rotatable bonds is 46. The Morgan fingerprint density at radius 2 is 0.670 bits per heavy atom. The van der Waals surface area contributed by atoms with Crippen molar-refractivity contribution in [3.05, 3.63) is 29.8 Å². The molecule has 9 amide bonds. The molecule has 0 heterocycles. The van der Waals surface area contributed by atoms with Crippen LogP contribution in [0.5, 0.6) is 5.75 Å². The average molecular weight is 1250 g/mol. The summed E-state index contributed by atoms with van der Waals surface area (Å²) < 4.78 is 0. The molecule has 29 nitrogen and oxygen atoms in total. The Morgan fingerprint density at radius 1 is 0.398 bits per heavy atom. The van der Waals surface area contributed by atoms with Crippen molar-refractivity contribution in [1.29, 1.82) is 0 Å². The summed E-state index contributed by atoms with van der Waals surface area (Å²) in [5, 5.41) is 39.7. The van der Waals surface area contributed by atoms with Gasteiger partial charge in [0.2, 0.25) is 53.2 Å². The Kier molecular flexibility index (Phi) is 43.1. The van der Waals surface area contributed by atoms with Gasteiger partial charge in [-0.15, -0.1) is 0 Å². The van der Waals surface area contributed by atoms with E-state index in [0.717, 1.165) is 12.0 Å². The number of aromatic hydroxyl groups is 1. The number of guanidine groups is 2. The maximum absolute atomic E-state index is 14.3. The van der Waals surface area contributed by atoms with Gasteiger partial charge < -0.3 is 92.9 Å². The van der Waals surface area contributed by atoms with Crippen LogP contribution in [0.3, 0.4) is 0 Å². The second-order valence-electron chi connectivity index (χ2n) is 21.8. The number of hydrogen-bond donors (Lipinski definition) is 17. The molecule has 9 atom stereocenters. The van der Waals surface area contributed by atoms with E-state index in [2.05, 4.69) is 52.5 Å². The van der Waals surface area contributed by atoms with Crippen LogP contribution in [0.15, 0.2) is 34.3 Å². The van der Waals surface area contributed by atoms with E-state index >= 15 is 0 Å². The second kappa shape index (κ2) is 47.3. The number of benzene rings is 1. The highest BCUT2D eigenvalue weighted by Crippen LogP contribution is 2.14. The Labute approximate surface area is 519 Å². The van der Waals surface area contributed by atoms with Crippen LogP contribution in [0.2, 0.25) is 0 Å². The number of carbonyl (C=O) groups excluding carboxylic acids is 9. The summed E-state index contributed by atoms with van der Waals surface area (Å²) in [5.41, 5.74) is 39.3. The summed E-state index contributed by atoms with van der Waals surface area (Å²) in [6.07, 6.45) is 9.83. The summed E-state index contributed by atoms with van der Waals surface area (Å²) in [4.78, 5) is 140. The number of nitrogens with two attached hydrogens (primary N) is 7. The molecule has 0 aliphatic heterocycles. The number of primary amides is 1. The van der Waals surface area contributed by atoms with Gasteiger partial charge in [-0.2, -0.15) is 0 Å². The molecule has 0 unspecified atom stereocenters. The van der Waals surface area contributed by atoms with Gasteiger partial charge in [0.15, 0.2) is 11.9 Å². The number of carboxylic acid groups (broad SMARTS) is 1. The standard InChI is InChI=1S/C50H95N15O10.C9H12N2O2/c1-7-13-22-33(42(69)58-31-40(66)67)60-44(71)35(24-15-9-3)62-46(73)37(26-17-11-5)64-48(75)39(28-20-30-57-50(54)55)65-47(74)38(27-18-12-6)63-45(72)36(25-16-10-4)61-43(70)34(23-14-8-2)59-41(68)32(51)21-19-29-56-49(52)53;10-8(9(11)13)5-6-1-3-7(12)4-2-6/h32-39H,7-31,51H2,1-6H3,(H,58,69)(H,59,68)(H,60,71)(H,61,70)(H,62,73)(H,63,72)(H,64,75)(H,65,74)(H,66,67)(H4,52,53,56)(H4,54,55,57);1-4,8,12H,5,10H2,(H2,11,13)/t32-,33-,34-,35-,36-,37-,38-,39-;8-/m11/s1. The molecule has 0 spiro atoms. The third-order valence-corrected chi connectivity index (χ3v) is 13.9. The molecular formula is C59H107N17O12. The molecule has 1 rings (SSSR count). The highest BCUT2D eigenvalue weighted by atomic mass is 16.4. The maximum Gasteiger partial charge on any atom is 0.322 e. The lowest BCUT2D eigenvalue weighted by Crippen LogP contribution is -2.60. The number of aliphatic imine (C=N–C) groups is 2. The molecular weight excluding hydrogens is 1140 g/mol. The normalized spacial score (nSPS) is 13.9. The SMILES string of the molecule is CCCC[C@@H](NC(=O)[C@H](N)CCCN=C(N)N)C(=O)N[C@H](CCCC)C(=O)N[C@H](CCCC)C(=O)N[C@H](CCCN=C(N)N)C(=O)N[C@H](CCCC)C(=O)N[C@H](CCCC)C(=O)N[C@H](CCCC)C(=O)NCC(=O)O.NC(=O)[C@H](N)Cc1ccc(O)cc1. The number of phenolic OH excluding ortho intramolecular Hbond substituents is 1. The number of phenols is 1. The molecule has 0 bridgehead atoms. The van der Waals surface area contributed by atoms with Gasteiger partial charge in [-0.1, -0.05) is 131 Å². The first kappa shape index (κ1) is 80.2. The van der Waals surface area contributed by atoms with Gasteiger partial charge in [-0.25, -0.2) is 0 Å². The van der Waals surface area contributed by atoms with Crippen LogP contribution in [0.1, 0.15) is 188 Å². The first-order valence-corrected chi connectivity index (χ1v) is 31.1. The third kappa shape index (κ3) is 36.4. The lowest BCUT2D eigenvalue weighted by molar-refractivity contribution is -0.138. The Morgan fingerprint density at radius 3 is 0.943 bits per heavy atom. The molecule has 0 saturated heterocycles. The number of nitrogens with zero attached hydrogens (tertiary/aromatic N) is 2. The number of unbranched alkanes of at least 4 members (excludes halogenated alkanes) is 6. The van der Waals surface area contributed by atoms with Crippen LogP contribution >= 0.6 is 0 Å². The quantitative estimate of drug-likeness (QED) is 0.0230. The number of carbonyl (C=O) groups is 10. The van der Waals surface area contributed by atoms with E-state index in [1.54, 1.807) is 24.3 Å². The molecule has 1 aromatic rings. The molecule has 0 aliphatic carbocycles. The van der Waals surface area contributed by atoms with Gasteiger partial charge in [-0.05, 0) is 88.3 Å². The van der Waals surface area contributed by atoms with Crippen LogP contribution in [-0.2, 0) is 54.4 Å². The highest BCUT2D eigenvalue weighted by molar-refractivity contribution is 5.98. The molecule has 24 N–H and O–H groups in total. The monoisotopic (exact) mass is 1250 g/mol. The van der Waals surface area contributed by atoms with Gasteiger partial charge in [0.05, 0.1) is 12.1 Å². The van der Waals surface area contributed by atoms with Gasteiger partial charge in [0.1, 0.15) is 54.6 Å². The zero-order chi connectivity index (χ0) is 66.6. The van der Waals surface area contributed by atoms with Crippen molar-refractivity contribution in [2.75, 3.05) is 19.6 Å². The predicted octanol–water partition coefficient (Wildman–Crippen LogP) is -0.0962. The smallest absolute Gasteiger partial charge is 0.322 e. The summed E-state index contributed by atoms with van der Waals surface area (Å²) in [6, 6.07) is -2.98. The van der Waals surface area contributed by atoms with E-state index < -0.39 is 120 Å². The fraction of sp³-hybridized carbons (Fsp3) is 0.695. The van der Waals surface area contributed by atoms with Crippen molar-refractivity contribution < 1.29 is 58.2 Å². The molecule has 500 valence electrons. The number of hydrogen-bond acceptors (Lipinski definition) is 15. The fourth-order valence-corrected chi connectivity index (χ4v) is 8.67. The van der Waals surface area contributed by atoms with Gasteiger partial charge in [0.25, 0.3) is 0 Å². The van der Waals surface area contributed by atoms with Crippen molar-refractivity contribution in [3.8, 4) is 5.75 Å². The summed E-state index contributed by atoms with van der Waals surface area (Å²) in [6.45, 7) is 11.2. The molecule has 0 aromatic heterocycles. The minimum Gasteiger partial charge on any atom is -0.508 e. The molecule has 0 saturated carbocycles. The van der Waals surface area contributed by atoms with Crippen LogP contribution in [0, 0.1) is 0 Å². The van der Waals surface area contributed by atoms with E-state index in [1.807, 2.05) is 41.5 Å². The van der Waals surface area contributed by atoms with Gasteiger partial charge in [0, 0.05) is 13.1 Å². The molecule has 29 heteroatoms. The van der Waals surface area contributed by atoms with Crippen LogP contribution in [0.4, 0.5) is 0 Å². The van der Waals surface area contributed by atoms with Crippen molar-refractivity contribution in [2.24, 2.45) is 50.1 Å². The van der Waals surface area contributed by atoms with E-state index in [9.17, 15) is 47.9 Å². The van der Waals surface area contributed by atoms with Crippen LogP contribution in [-0.4, -0.2) is 155 Å². The summed E-state index contributed by atoms with van der Waals surface area (Å²) in [5.74, 6) is -7.06. The lowest BCUT2D eigenvalue weighted by atomic mass is 10.0. The van der Waals surface area contributed by atoms with Gasteiger partial charge in [-0.3, -0.25) is 57.9 Å². The van der Waals surface area contributed by atoms with E-state index in [-0.39, 0.29) is 88.5 Å². The summed E-state index contributed by atoms with van der Waals surface area (Å²) in [7, 11) is 0. The summed E-state index contributed by atoms with van der Waals surface area (Å²) >= 11 is 0. The topological polar surface area (TPSA) is 514 Å². The van der Waals surface area contributed by atoms with E-state index in [0.29, 0.717) is 83.5 Å². The minimum atomic E-state index is -1.26. The molecule has 1 aromatic carbocycles. The van der Waals surface area contributed by atoms with Crippen LogP contribution < -0.4 is 82.7 Å². The Hall–Kier alpha value is -7.82. The Balaban J connectivity index is 0.00000510. The van der Waals surface area contributed by atoms with E-state index in [1.165, 1.54) is 0 Å². The zero-order valence-corrected chi connectivity index (χ0v) is 52.8. The average Bonchev–Trinajstić information content (AvgIpc) is 2.51. The van der Waals surface area contributed by atoms with Crippen molar-refractivity contribution in [3.63, 3.8) is 0 Å². The van der Waals surface area contributed by atoms with Crippen molar-refractivity contribution in [1.82, 2.24) is 42.5 Å². The number of carboxylic acids is 1. The molecule has 88 heavy (non-hydrogen) atoms. The van der Waals surface area contributed by atoms with Gasteiger partial charge >= 0.3 is 5.97 Å². The largest absolute Gasteiger partial charge is 0.508 e. The second-order valence-corrected chi connectivity index (χ2v) is 21.8. The number of aliphatic carboxylic acids is 1. The lowest BCUT2D eigenvalue weighted by Gasteiger charge is -2.28. The number of nitrogens with one attached hydrogen (secondary N) is 8. The predicted molar refractivity (Wildman–Crippen MR) is 338 cm³/mol. The number of amides is 9. The van der Waals surface area contributed by atoms with Crippen molar-refractivity contribution in [2.45, 2.75) is 244 Å². The highest BCUT2D eigenvalue weighted by Gasteiger charge is 2.34. The van der Waals surface area contributed by atoms with Crippen molar-refractivity contribution >= 4 is 71.1 Å². The Bertz CT molecular complexity index is 2340. The fourth-order valence-electron chi connectivity index (χ4n) is 8.67.